The highest BCUT2D eigenvalue weighted by Gasteiger charge is 2.21. The molecule has 1 unspecified atom stereocenters. The van der Waals surface area contributed by atoms with Gasteiger partial charge in [-0.05, 0) is 25.0 Å². The second-order valence-electron chi connectivity index (χ2n) is 4.70. The zero-order chi connectivity index (χ0) is 12.4. The van der Waals surface area contributed by atoms with E-state index in [1.807, 2.05) is 24.3 Å². The fourth-order valence-electron chi connectivity index (χ4n) is 2.56. The molecule has 2 heterocycles. The van der Waals surface area contributed by atoms with Gasteiger partial charge in [-0.1, -0.05) is 12.1 Å². The molecule has 1 aromatic heterocycles. The van der Waals surface area contributed by atoms with Crippen molar-refractivity contribution in [1.82, 2.24) is 9.97 Å². The van der Waals surface area contributed by atoms with Crippen LogP contribution in [0.2, 0.25) is 0 Å². The number of anilines is 1. The Hall–Kier alpha value is -1.97. The molecule has 0 aliphatic carbocycles. The molecule has 18 heavy (non-hydrogen) atoms. The minimum Gasteiger partial charge on any atom is -0.355 e. The normalized spacial score (nSPS) is 20.0. The van der Waals surface area contributed by atoms with Crippen molar-refractivity contribution in [2.45, 2.75) is 12.8 Å². The van der Waals surface area contributed by atoms with Gasteiger partial charge in [0.1, 0.15) is 18.4 Å². The van der Waals surface area contributed by atoms with Crippen LogP contribution in [0.1, 0.15) is 12.8 Å². The van der Waals surface area contributed by atoms with E-state index in [-0.39, 0.29) is 5.92 Å². The smallest absolute Gasteiger partial charge is 0.139 e. The fraction of sp³-hybridized carbons (Fsp3) is 0.357. The first-order valence-corrected chi connectivity index (χ1v) is 6.28. The molecule has 1 atom stereocenters. The number of fused-ring (bicyclic) bond motifs is 1. The summed E-state index contributed by atoms with van der Waals surface area (Å²) < 4.78 is 0. The van der Waals surface area contributed by atoms with Crippen LogP contribution >= 0.6 is 0 Å². The Labute approximate surface area is 106 Å². The highest BCUT2D eigenvalue weighted by Crippen LogP contribution is 2.26. The molecule has 0 radical (unpaired) electrons. The monoisotopic (exact) mass is 241 g/mol. The number of carbonyl (C=O) groups excluding carboxylic acids is 1. The van der Waals surface area contributed by atoms with Gasteiger partial charge in [-0.15, -0.1) is 0 Å². The van der Waals surface area contributed by atoms with Crippen molar-refractivity contribution in [2.24, 2.45) is 5.92 Å². The third-order valence-corrected chi connectivity index (χ3v) is 3.47. The standard InChI is InChI=1S/C14H15N3O/c18-9-11-4-3-7-17(8-11)14-12-5-1-2-6-13(12)15-10-16-14/h1-2,5-6,9-11H,3-4,7-8H2. The second-order valence-corrected chi connectivity index (χ2v) is 4.70. The van der Waals surface area contributed by atoms with E-state index in [0.717, 1.165) is 48.9 Å². The molecule has 0 amide bonds. The summed E-state index contributed by atoms with van der Waals surface area (Å²) in [5.74, 6) is 1.08. The van der Waals surface area contributed by atoms with Gasteiger partial charge in [-0.25, -0.2) is 9.97 Å². The van der Waals surface area contributed by atoms with Crippen LogP contribution in [0.3, 0.4) is 0 Å². The van der Waals surface area contributed by atoms with Crippen LogP contribution in [-0.2, 0) is 4.79 Å². The molecular formula is C14H15N3O. The van der Waals surface area contributed by atoms with E-state index >= 15 is 0 Å². The van der Waals surface area contributed by atoms with Crippen molar-refractivity contribution >= 4 is 23.0 Å². The van der Waals surface area contributed by atoms with Crippen LogP contribution in [0, 0.1) is 5.92 Å². The van der Waals surface area contributed by atoms with E-state index < -0.39 is 0 Å². The molecule has 1 aliphatic rings. The maximum absolute atomic E-state index is 10.9. The SMILES string of the molecule is O=CC1CCCN(c2ncnc3ccccc23)C1. The number of piperidine rings is 1. The van der Waals surface area contributed by atoms with Crippen LogP contribution in [-0.4, -0.2) is 29.3 Å². The molecular weight excluding hydrogens is 226 g/mol. The van der Waals surface area contributed by atoms with Crippen molar-refractivity contribution in [1.29, 1.82) is 0 Å². The summed E-state index contributed by atoms with van der Waals surface area (Å²) in [6, 6.07) is 8.00. The van der Waals surface area contributed by atoms with Crippen molar-refractivity contribution in [2.75, 3.05) is 18.0 Å². The van der Waals surface area contributed by atoms with Gasteiger partial charge in [0.25, 0.3) is 0 Å². The second kappa shape index (κ2) is 4.72. The predicted molar refractivity (Wildman–Crippen MR) is 70.5 cm³/mol. The summed E-state index contributed by atoms with van der Waals surface area (Å²) >= 11 is 0. The van der Waals surface area contributed by atoms with E-state index in [2.05, 4.69) is 14.9 Å². The van der Waals surface area contributed by atoms with Gasteiger partial charge in [-0.2, -0.15) is 0 Å². The van der Waals surface area contributed by atoms with Gasteiger partial charge in [0, 0.05) is 24.4 Å². The van der Waals surface area contributed by atoms with Crippen LogP contribution in [0.25, 0.3) is 10.9 Å². The van der Waals surface area contributed by atoms with Crippen LogP contribution in [0.4, 0.5) is 5.82 Å². The number of para-hydroxylation sites is 1. The lowest BCUT2D eigenvalue weighted by atomic mass is 9.99. The summed E-state index contributed by atoms with van der Waals surface area (Å²) in [5.41, 5.74) is 0.954. The molecule has 92 valence electrons. The third kappa shape index (κ3) is 1.94. The molecule has 1 saturated heterocycles. The minimum atomic E-state index is 0.132. The number of nitrogens with zero attached hydrogens (tertiary/aromatic N) is 3. The van der Waals surface area contributed by atoms with E-state index in [4.69, 9.17) is 0 Å². The first-order valence-electron chi connectivity index (χ1n) is 6.28. The maximum Gasteiger partial charge on any atom is 0.139 e. The third-order valence-electron chi connectivity index (χ3n) is 3.47. The Bertz CT molecular complexity index is 564. The maximum atomic E-state index is 10.9. The molecule has 1 aromatic carbocycles. The highest BCUT2D eigenvalue weighted by molar-refractivity contribution is 5.89. The number of aldehydes is 1. The van der Waals surface area contributed by atoms with Crippen LogP contribution < -0.4 is 4.90 Å². The number of hydrogen-bond donors (Lipinski definition) is 0. The molecule has 1 fully saturated rings. The molecule has 0 saturated carbocycles. The molecule has 2 aromatic rings. The molecule has 0 N–H and O–H groups in total. The van der Waals surface area contributed by atoms with Gasteiger partial charge in [0.2, 0.25) is 0 Å². The van der Waals surface area contributed by atoms with Crippen LogP contribution in [0.15, 0.2) is 30.6 Å². The van der Waals surface area contributed by atoms with E-state index in [9.17, 15) is 4.79 Å². The quantitative estimate of drug-likeness (QED) is 0.755. The topological polar surface area (TPSA) is 46.1 Å². The largest absolute Gasteiger partial charge is 0.355 e. The molecule has 4 heteroatoms. The predicted octanol–water partition coefficient (Wildman–Crippen LogP) is 2.05. The number of hydrogen-bond acceptors (Lipinski definition) is 4. The number of rotatable bonds is 2. The van der Waals surface area contributed by atoms with Crippen molar-refractivity contribution < 1.29 is 4.79 Å². The zero-order valence-electron chi connectivity index (χ0n) is 10.1. The summed E-state index contributed by atoms with van der Waals surface area (Å²) in [5, 5.41) is 1.06. The Balaban J connectivity index is 2.00. The van der Waals surface area contributed by atoms with E-state index in [1.165, 1.54) is 0 Å². The Morgan fingerprint density at radius 1 is 1.28 bits per heavy atom. The lowest BCUT2D eigenvalue weighted by molar-refractivity contribution is -0.111. The van der Waals surface area contributed by atoms with E-state index in [1.54, 1.807) is 6.33 Å². The van der Waals surface area contributed by atoms with Gasteiger partial charge in [0.05, 0.1) is 5.52 Å². The van der Waals surface area contributed by atoms with Crippen molar-refractivity contribution in [3.05, 3.63) is 30.6 Å². The first-order chi connectivity index (χ1) is 8.88. The van der Waals surface area contributed by atoms with Gasteiger partial charge < -0.3 is 9.69 Å². The average Bonchev–Trinajstić information content (AvgIpc) is 2.47. The summed E-state index contributed by atoms with van der Waals surface area (Å²) in [6.07, 6.45) is 4.70. The van der Waals surface area contributed by atoms with E-state index in [0.29, 0.717) is 0 Å². The molecule has 0 spiro atoms. The highest BCUT2D eigenvalue weighted by atomic mass is 16.1. The molecule has 3 rings (SSSR count). The van der Waals surface area contributed by atoms with Gasteiger partial charge in [0.15, 0.2) is 0 Å². The lowest BCUT2D eigenvalue weighted by Crippen LogP contribution is -2.36. The van der Waals surface area contributed by atoms with Crippen molar-refractivity contribution in [3.8, 4) is 0 Å². The zero-order valence-corrected chi connectivity index (χ0v) is 10.1. The molecule has 4 nitrogen and oxygen atoms in total. The summed E-state index contributed by atoms with van der Waals surface area (Å²) in [6.45, 7) is 1.73. The van der Waals surface area contributed by atoms with Crippen LogP contribution in [0.5, 0.6) is 0 Å². The molecule has 1 aliphatic heterocycles. The number of carbonyl (C=O) groups is 1. The Morgan fingerprint density at radius 2 is 2.17 bits per heavy atom. The summed E-state index contributed by atoms with van der Waals surface area (Å²) in [4.78, 5) is 21.8. The minimum absolute atomic E-state index is 0.132. The number of benzene rings is 1. The van der Waals surface area contributed by atoms with Gasteiger partial charge in [-0.3, -0.25) is 0 Å². The van der Waals surface area contributed by atoms with Crippen molar-refractivity contribution in [3.63, 3.8) is 0 Å². The fourth-order valence-corrected chi connectivity index (χ4v) is 2.56. The Morgan fingerprint density at radius 3 is 3.06 bits per heavy atom. The van der Waals surface area contributed by atoms with Gasteiger partial charge >= 0.3 is 0 Å². The lowest BCUT2D eigenvalue weighted by Gasteiger charge is -2.31. The average molecular weight is 241 g/mol. The first kappa shape index (κ1) is 11.1. The number of aromatic nitrogens is 2. The Kier molecular flexibility index (Phi) is 2.92. The summed E-state index contributed by atoms with van der Waals surface area (Å²) in [7, 11) is 0. The molecule has 0 bridgehead atoms.